The maximum Gasteiger partial charge on any atom is 0.416 e. The number of aromatic carboxylic acids is 1. The Morgan fingerprint density at radius 3 is 2.52 bits per heavy atom. The molecule has 0 atom stereocenters. The Morgan fingerprint density at radius 1 is 1.15 bits per heavy atom. The van der Waals surface area contributed by atoms with Gasteiger partial charge >= 0.3 is 12.1 Å². The molecule has 0 saturated carbocycles. The van der Waals surface area contributed by atoms with Gasteiger partial charge in [0.2, 0.25) is 15.9 Å². The van der Waals surface area contributed by atoms with E-state index in [9.17, 15) is 36.0 Å². The van der Waals surface area contributed by atoms with Gasteiger partial charge in [0.15, 0.2) is 0 Å². The normalized spacial score (nSPS) is 16.5. The van der Waals surface area contributed by atoms with Crippen molar-refractivity contribution < 1.29 is 50.6 Å². The smallest absolute Gasteiger partial charge is 0.416 e. The lowest BCUT2D eigenvalue weighted by Crippen LogP contribution is -2.50. The van der Waals surface area contributed by atoms with Crippen LogP contribution in [0.5, 0.6) is 5.75 Å². The van der Waals surface area contributed by atoms with Crippen LogP contribution in [-0.4, -0.2) is 92.6 Å². The summed E-state index contributed by atoms with van der Waals surface area (Å²) in [6.45, 7) is 1.60. The summed E-state index contributed by atoms with van der Waals surface area (Å²) in [6.07, 6.45) is -2.04. The Kier molecular flexibility index (Phi) is 11.5. The van der Waals surface area contributed by atoms with Crippen LogP contribution in [0, 0.1) is 6.92 Å². The lowest BCUT2D eigenvalue weighted by molar-refractivity contribution is -0.137. The predicted octanol–water partition coefficient (Wildman–Crippen LogP) is 2.20. The topological polar surface area (TPSA) is 176 Å². The van der Waals surface area contributed by atoms with E-state index in [1.165, 1.54) is 35.0 Å². The second-order valence-corrected chi connectivity index (χ2v) is 13.3. The molecule has 4 rings (SSSR count). The quantitative estimate of drug-likeness (QED) is 0.171. The molecular formula is C31H36F3N5O8S. The summed E-state index contributed by atoms with van der Waals surface area (Å²) in [5, 5.41) is 16.8. The first kappa shape index (κ1) is 36.4. The monoisotopic (exact) mass is 695 g/mol. The Hall–Kier alpha value is -4.48. The first-order chi connectivity index (χ1) is 22.6. The van der Waals surface area contributed by atoms with E-state index < -0.39 is 39.2 Å². The second kappa shape index (κ2) is 15.2. The molecule has 2 amide bonds. The highest BCUT2D eigenvalue weighted by molar-refractivity contribution is 7.89. The van der Waals surface area contributed by atoms with Crippen molar-refractivity contribution in [3.63, 3.8) is 0 Å². The van der Waals surface area contributed by atoms with Gasteiger partial charge in [-0.05, 0) is 74.7 Å². The molecule has 17 heteroatoms. The minimum atomic E-state index is -4.73. The van der Waals surface area contributed by atoms with Gasteiger partial charge in [-0.2, -0.15) is 13.2 Å². The highest BCUT2D eigenvalue weighted by Gasteiger charge is 2.47. The van der Waals surface area contributed by atoms with Crippen LogP contribution in [0.25, 0.3) is 0 Å². The third-order valence-corrected chi connectivity index (χ3v) is 9.74. The van der Waals surface area contributed by atoms with E-state index in [1.54, 1.807) is 20.0 Å². The third kappa shape index (κ3) is 9.11. The number of nitrogens with zero attached hydrogens (tertiary/aromatic N) is 2. The van der Waals surface area contributed by atoms with Crippen molar-refractivity contribution in [3.05, 3.63) is 76.7 Å². The molecule has 2 aliphatic heterocycles. The van der Waals surface area contributed by atoms with Gasteiger partial charge in [-0.3, -0.25) is 14.6 Å². The van der Waals surface area contributed by atoms with Gasteiger partial charge in [-0.1, -0.05) is 6.07 Å². The average molecular weight is 696 g/mol. The Balaban J connectivity index is 1.40. The molecule has 13 nitrogen and oxygen atoms in total. The van der Waals surface area contributed by atoms with Crippen molar-refractivity contribution in [2.75, 3.05) is 45.6 Å². The molecule has 2 heterocycles. The number of piperidine rings is 1. The largest absolute Gasteiger partial charge is 0.496 e. The Morgan fingerprint density at radius 2 is 1.88 bits per heavy atom. The second-order valence-electron chi connectivity index (χ2n) is 11.2. The molecule has 48 heavy (non-hydrogen) atoms. The molecule has 0 unspecified atom stereocenters. The molecule has 2 aliphatic rings. The summed E-state index contributed by atoms with van der Waals surface area (Å²) < 4.78 is 79.5. The van der Waals surface area contributed by atoms with E-state index in [2.05, 4.69) is 20.9 Å². The number of amidine groups is 1. The zero-order valence-electron chi connectivity index (χ0n) is 26.2. The molecule has 2 aromatic rings. The highest BCUT2D eigenvalue weighted by atomic mass is 32.2. The summed E-state index contributed by atoms with van der Waals surface area (Å²) in [4.78, 5) is 40.2. The van der Waals surface area contributed by atoms with E-state index in [1.807, 2.05) is 0 Å². The van der Waals surface area contributed by atoms with Crippen LogP contribution in [0.4, 0.5) is 13.2 Å². The van der Waals surface area contributed by atoms with E-state index in [0.717, 1.165) is 12.1 Å². The number of carbonyl (C=O) groups excluding carboxylic acids is 2. The number of carboxylic acid groups (broad SMARTS) is 1. The van der Waals surface area contributed by atoms with E-state index in [-0.39, 0.29) is 86.5 Å². The molecular weight excluding hydrogens is 659 g/mol. The summed E-state index contributed by atoms with van der Waals surface area (Å²) in [5.41, 5.74) is -0.939. The van der Waals surface area contributed by atoms with Crippen LogP contribution in [0.1, 0.15) is 45.5 Å². The van der Waals surface area contributed by atoms with Crippen molar-refractivity contribution in [2.24, 2.45) is 4.99 Å². The number of ether oxygens (including phenoxy) is 2. The lowest BCUT2D eigenvalue weighted by atomic mass is 9.89. The van der Waals surface area contributed by atoms with Crippen LogP contribution in [-0.2, 0) is 36.9 Å². The summed E-state index contributed by atoms with van der Waals surface area (Å²) in [6, 6.07) is 7.46. The van der Waals surface area contributed by atoms with Gasteiger partial charge < -0.3 is 30.5 Å². The van der Waals surface area contributed by atoms with E-state index >= 15 is 0 Å². The molecule has 1 spiro atoms. The number of benzene rings is 2. The van der Waals surface area contributed by atoms with Gasteiger partial charge in [0.05, 0.1) is 29.7 Å². The van der Waals surface area contributed by atoms with Crippen molar-refractivity contribution in [3.8, 4) is 5.75 Å². The number of carbonyl (C=O) groups is 3. The minimum absolute atomic E-state index is 0.0198. The standard InChI is InChI=1S/C31H36F3N5O8S/c1-20-15-22(28(41)42)4-3-21(20)5-14-48(44,45)39-9-6-30(7-10-39)29(43)37-27(38-30)23-16-24(31(32,33)34)18-25(17-23)47-13-12-46-11-8-36-26(40)19-35-2/h3-4,8,11,15-18,35H,5-7,9-10,12-14,19H2,1-2H3,(H,36,40)(H,41,42)(H,37,38,43)/b11-8+. The van der Waals surface area contributed by atoms with Crippen molar-refractivity contribution in [1.29, 1.82) is 0 Å². The lowest BCUT2D eigenvalue weighted by Gasteiger charge is -2.34. The number of alkyl halides is 3. The van der Waals surface area contributed by atoms with Crippen LogP contribution in [0.3, 0.4) is 0 Å². The number of amides is 2. The number of nitrogens with one attached hydrogen (secondary N) is 3. The zero-order valence-corrected chi connectivity index (χ0v) is 27.0. The fourth-order valence-corrected chi connectivity index (χ4v) is 6.72. The fourth-order valence-electron chi connectivity index (χ4n) is 5.25. The number of rotatable bonds is 14. The third-order valence-electron chi connectivity index (χ3n) is 7.87. The van der Waals surface area contributed by atoms with Crippen LogP contribution in [0.2, 0.25) is 0 Å². The molecule has 2 aromatic carbocycles. The highest BCUT2D eigenvalue weighted by Crippen LogP contribution is 2.36. The van der Waals surface area contributed by atoms with Gasteiger partial charge in [0, 0.05) is 24.9 Å². The number of aryl methyl sites for hydroxylation is 2. The van der Waals surface area contributed by atoms with Crippen molar-refractivity contribution in [1.82, 2.24) is 20.3 Å². The SMILES string of the molecule is CNCC(=O)N/C=C/OCCOc1cc(C2=NC3(CCN(S(=O)(=O)CCc4ccc(C(=O)O)cc4C)CC3)C(=O)N2)cc(C(F)(F)F)c1. The first-order valence-corrected chi connectivity index (χ1v) is 16.5. The van der Waals surface area contributed by atoms with Crippen molar-refractivity contribution in [2.45, 2.75) is 37.9 Å². The van der Waals surface area contributed by atoms with Crippen LogP contribution < -0.4 is 20.7 Å². The molecule has 1 saturated heterocycles. The first-order valence-electron chi connectivity index (χ1n) is 14.9. The fraction of sp³-hybridized carbons (Fsp3) is 0.419. The molecule has 0 radical (unpaired) electrons. The minimum Gasteiger partial charge on any atom is -0.496 e. The van der Waals surface area contributed by atoms with Crippen molar-refractivity contribution >= 4 is 33.6 Å². The van der Waals surface area contributed by atoms with Gasteiger partial charge in [-0.15, -0.1) is 0 Å². The van der Waals surface area contributed by atoms with Gasteiger partial charge in [0.25, 0.3) is 5.91 Å². The van der Waals surface area contributed by atoms with Gasteiger partial charge in [0.1, 0.15) is 30.3 Å². The average Bonchev–Trinajstić information content (AvgIpc) is 3.34. The number of hydrogen-bond acceptors (Lipinski definition) is 9. The molecule has 1 fully saturated rings. The number of halogens is 3. The number of hydrogen-bond donors (Lipinski definition) is 4. The number of carboxylic acids is 1. The number of aliphatic imine (C=N–C) groups is 1. The predicted molar refractivity (Wildman–Crippen MR) is 168 cm³/mol. The summed E-state index contributed by atoms with van der Waals surface area (Å²) in [5.74, 6) is -2.35. The molecule has 0 bridgehead atoms. The molecule has 4 N–H and O–H groups in total. The Bertz CT molecular complexity index is 1700. The van der Waals surface area contributed by atoms with E-state index in [0.29, 0.717) is 11.1 Å². The number of likely N-dealkylation sites (N-methyl/N-ethyl adjacent to an activating group) is 1. The van der Waals surface area contributed by atoms with Crippen LogP contribution in [0.15, 0.2) is 53.9 Å². The number of sulfonamides is 1. The maximum atomic E-state index is 13.8. The summed E-state index contributed by atoms with van der Waals surface area (Å²) in [7, 11) is -2.13. The molecule has 0 aliphatic carbocycles. The maximum absolute atomic E-state index is 13.8. The van der Waals surface area contributed by atoms with E-state index in [4.69, 9.17) is 14.6 Å². The van der Waals surface area contributed by atoms with Crippen LogP contribution >= 0.6 is 0 Å². The summed E-state index contributed by atoms with van der Waals surface area (Å²) >= 11 is 0. The zero-order chi connectivity index (χ0) is 35.1. The Labute approximate surface area is 275 Å². The molecule has 260 valence electrons. The molecule has 0 aromatic heterocycles. The van der Waals surface area contributed by atoms with Gasteiger partial charge in [-0.25, -0.2) is 17.5 Å².